The van der Waals surface area contributed by atoms with E-state index in [0.29, 0.717) is 12.8 Å². The minimum Gasteiger partial charge on any atom is -0.790 e. The summed E-state index contributed by atoms with van der Waals surface area (Å²) in [6.07, 6.45) is -8.93. The Morgan fingerprint density at radius 3 is 1.37 bits per heavy atom. The number of unbranched alkanes of at least 4 members (excludes halogenated alkanes) is 8. The van der Waals surface area contributed by atoms with Gasteiger partial charge in [0.05, 0.1) is 22.3 Å². The van der Waals surface area contributed by atoms with Crippen LogP contribution in [0.4, 0.5) is 0 Å². The summed E-state index contributed by atoms with van der Waals surface area (Å²) in [5, 5.41) is 31.1. The number of ether oxygens (including phenoxy) is 2. The van der Waals surface area contributed by atoms with Crippen molar-refractivity contribution < 1.29 is 209 Å². The number of rotatable bonds is 24. The standard InChI is InChI=1S/C25H49O19P3.4Na/c1-3-5-7-9-11-13-18(26)39-15-17(41-19(27)14-12-10-8-6-4-2)16-40-47(37,38)44-25-21(29)23(42-45(31,32)33)20(28)24(22(25)30)43-46(34,35)36;;;;/h17,20-25,28-30H,3-16H2,1-2H3,(H,37,38)(H2,31,32,33)(H2,34,35,36);;;;/q;4*+1/p-4/t17-,20?,21-,22-,23-,24+,25?;;;;/m1..../s1. The molecule has 0 bridgehead atoms. The van der Waals surface area contributed by atoms with E-state index in [1.165, 1.54) is 0 Å². The first-order valence-electron chi connectivity index (χ1n) is 15.3. The van der Waals surface area contributed by atoms with Crippen molar-refractivity contribution in [2.24, 2.45) is 0 Å². The Hall–Kier alpha value is 3.15. The van der Waals surface area contributed by atoms with Crippen molar-refractivity contribution in [3.63, 3.8) is 0 Å². The molecular weight excluding hydrogens is 789 g/mol. The molecule has 8 atom stereocenters. The van der Waals surface area contributed by atoms with Gasteiger partial charge >= 0.3 is 138 Å². The summed E-state index contributed by atoms with van der Waals surface area (Å²) in [5.74, 6) is -1.39. The largest absolute Gasteiger partial charge is 1.00 e. The number of hydrogen-bond acceptors (Lipinski definition) is 18. The third-order valence-electron chi connectivity index (χ3n) is 6.90. The zero-order valence-electron chi connectivity index (χ0n) is 30.2. The quantitative estimate of drug-likeness (QED) is 0.0304. The number of esters is 2. The second-order valence-corrected chi connectivity index (χ2v) is 14.6. The van der Waals surface area contributed by atoms with Gasteiger partial charge in [0.25, 0.3) is 0 Å². The van der Waals surface area contributed by atoms with E-state index < -0.39 is 91.3 Å². The van der Waals surface area contributed by atoms with Crippen LogP contribution >= 0.6 is 23.5 Å². The van der Waals surface area contributed by atoms with Gasteiger partial charge in [0.15, 0.2) is 6.10 Å². The van der Waals surface area contributed by atoms with Gasteiger partial charge in [0, 0.05) is 12.8 Å². The van der Waals surface area contributed by atoms with Crippen LogP contribution in [0.5, 0.6) is 0 Å². The number of phosphoric ester groups is 3. The summed E-state index contributed by atoms with van der Waals surface area (Å²) < 4.78 is 63.0. The summed E-state index contributed by atoms with van der Waals surface area (Å²) in [4.78, 5) is 79.5. The molecule has 4 N–H and O–H groups in total. The molecule has 0 heterocycles. The number of phosphoric acid groups is 3. The van der Waals surface area contributed by atoms with E-state index in [4.69, 9.17) is 18.5 Å². The van der Waals surface area contributed by atoms with Crippen molar-refractivity contribution in [1.82, 2.24) is 0 Å². The van der Waals surface area contributed by atoms with Crippen LogP contribution in [0.3, 0.4) is 0 Å². The first-order chi connectivity index (χ1) is 21.8. The average molecular weight is 834 g/mol. The molecule has 1 fully saturated rings. The molecule has 278 valence electrons. The summed E-state index contributed by atoms with van der Waals surface area (Å²) in [6.45, 7) is 2.48. The van der Waals surface area contributed by atoms with Gasteiger partial charge in [0.2, 0.25) is 0 Å². The van der Waals surface area contributed by atoms with Crippen LogP contribution < -0.4 is 138 Å². The molecule has 0 aromatic rings. The molecule has 0 saturated heterocycles. The Kier molecular flexibility index (Phi) is 37.1. The maximum atomic E-state index is 12.8. The SMILES string of the molecule is CCCCCCCC(=O)OC[C@H](COP(=O)(O)OC1[C@H](O)[C@H](OP(=O)([O-])[O-])C(O)[C@H](OP(=O)([O-])[O-])[C@H]1O)OC(=O)CCCCCCC.[Na+].[Na+].[Na+].[Na+]. The Labute approximate surface area is 386 Å². The molecule has 0 radical (unpaired) electrons. The smallest absolute Gasteiger partial charge is 0.790 e. The number of aliphatic hydroxyl groups excluding tert-OH is 3. The summed E-state index contributed by atoms with van der Waals surface area (Å²) in [6, 6.07) is 0. The molecule has 1 aliphatic rings. The zero-order chi connectivity index (χ0) is 35.8. The van der Waals surface area contributed by atoms with Crippen molar-refractivity contribution in [1.29, 1.82) is 0 Å². The fourth-order valence-electron chi connectivity index (χ4n) is 4.57. The third kappa shape index (κ3) is 27.5. The van der Waals surface area contributed by atoms with E-state index in [2.05, 4.69) is 9.05 Å². The van der Waals surface area contributed by atoms with E-state index in [1.807, 2.05) is 13.8 Å². The molecule has 0 aromatic heterocycles. The van der Waals surface area contributed by atoms with Crippen LogP contribution in [-0.2, 0) is 50.9 Å². The fourth-order valence-corrected chi connectivity index (χ4v) is 6.63. The van der Waals surface area contributed by atoms with Gasteiger partial charge in [-0.3, -0.25) is 18.6 Å². The molecule has 1 aliphatic carbocycles. The molecular formula is C25H45Na4O19P3. The van der Waals surface area contributed by atoms with Crippen LogP contribution in [0.1, 0.15) is 90.9 Å². The summed E-state index contributed by atoms with van der Waals surface area (Å²) in [7, 11) is -17.6. The zero-order valence-corrected chi connectivity index (χ0v) is 40.9. The second kappa shape index (κ2) is 31.1. The van der Waals surface area contributed by atoms with Crippen LogP contribution in [0.15, 0.2) is 0 Å². The molecule has 0 spiro atoms. The van der Waals surface area contributed by atoms with Crippen molar-refractivity contribution in [2.75, 3.05) is 13.2 Å². The molecule has 0 amide bonds. The Morgan fingerprint density at radius 1 is 0.608 bits per heavy atom. The Bertz CT molecular complexity index is 1060. The number of aliphatic hydroxyl groups is 3. The van der Waals surface area contributed by atoms with Crippen molar-refractivity contribution >= 4 is 35.4 Å². The molecule has 3 unspecified atom stereocenters. The van der Waals surface area contributed by atoms with Crippen LogP contribution in [0, 0.1) is 0 Å². The van der Waals surface area contributed by atoms with E-state index >= 15 is 0 Å². The molecule has 19 nitrogen and oxygen atoms in total. The maximum Gasteiger partial charge on any atom is 1.00 e. The van der Waals surface area contributed by atoms with Gasteiger partial charge in [-0.2, -0.15) is 0 Å². The molecule has 1 saturated carbocycles. The third-order valence-corrected chi connectivity index (χ3v) is 8.89. The van der Waals surface area contributed by atoms with Gasteiger partial charge < -0.3 is 67.4 Å². The maximum absolute atomic E-state index is 12.8. The topological polar surface area (TPSA) is 314 Å². The van der Waals surface area contributed by atoms with Crippen LogP contribution in [0.25, 0.3) is 0 Å². The number of carbonyl (C=O) groups excluding carboxylic acids is 2. The number of carbonyl (C=O) groups is 2. The Morgan fingerprint density at radius 2 is 0.980 bits per heavy atom. The Balaban J connectivity index is -0.00000276. The monoisotopic (exact) mass is 834 g/mol. The minimum absolute atomic E-state index is 0. The van der Waals surface area contributed by atoms with Crippen molar-refractivity contribution in [3.8, 4) is 0 Å². The average Bonchev–Trinajstić information content (AvgIpc) is 2.96. The van der Waals surface area contributed by atoms with Gasteiger partial charge in [-0.15, -0.1) is 0 Å². The minimum atomic E-state index is -6.06. The first kappa shape index (κ1) is 60.8. The molecule has 0 aliphatic heterocycles. The normalized spacial score (nSPS) is 23.6. The summed E-state index contributed by atoms with van der Waals surface area (Å²) >= 11 is 0. The molecule has 1 rings (SSSR count). The van der Waals surface area contributed by atoms with Crippen LogP contribution in [-0.4, -0.2) is 88.1 Å². The van der Waals surface area contributed by atoms with Gasteiger partial charge in [-0.25, -0.2) is 4.57 Å². The molecule has 0 aromatic carbocycles. The number of hydrogen-bond donors (Lipinski definition) is 4. The van der Waals surface area contributed by atoms with E-state index in [9.17, 15) is 63.1 Å². The summed E-state index contributed by atoms with van der Waals surface area (Å²) in [5.41, 5.74) is 0. The predicted molar refractivity (Wildman–Crippen MR) is 151 cm³/mol. The first-order valence-corrected chi connectivity index (χ1v) is 19.7. The van der Waals surface area contributed by atoms with Crippen molar-refractivity contribution in [3.05, 3.63) is 0 Å². The van der Waals surface area contributed by atoms with E-state index in [1.54, 1.807) is 0 Å². The molecule has 51 heavy (non-hydrogen) atoms. The predicted octanol–water partition coefficient (Wildman–Crippen LogP) is -12.8. The van der Waals surface area contributed by atoms with E-state index in [-0.39, 0.29) is 131 Å². The van der Waals surface area contributed by atoms with Gasteiger partial charge in [0.1, 0.15) is 43.2 Å². The fraction of sp³-hybridized carbons (Fsp3) is 0.920. The van der Waals surface area contributed by atoms with Gasteiger partial charge in [-0.05, 0) is 12.8 Å². The van der Waals surface area contributed by atoms with Crippen molar-refractivity contribution in [2.45, 2.75) is 134 Å². The van der Waals surface area contributed by atoms with E-state index in [0.717, 1.165) is 51.4 Å². The second-order valence-electron chi connectivity index (χ2n) is 11.0. The molecule has 26 heteroatoms. The van der Waals surface area contributed by atoms with Gasteiger partial charge in [-0.1, -0.05) is 65.2 Å². The van der Waals surface area contributed by atoms with Crippen LogP contribution in [0.2, 0.25) is 0 Å².